The Morgan fingerprint density at radius 1 is 1.38 bits per heavy atom. The fourth-order valence-corrected chi connectivity index (χ4v) is 3.37. The molecule has 0 spiro atoms. The van der Waals surface area contributed by atoms with Gasteiger partial charge in [-0.1, -0.05) is 0 Å². The summed E-state index contributed by atoms with van der Waals surface area (Å²) in [4.78, 5) is 26.1. The fraction of sp³-hybridized carbons (Fsp3) is 0.556. The second-order valence-corrected chi connectivity index (χ2v) is 7.11. The molecule has 0 aromatic carbocycles. The minimum absolute atomic E-state index is 0.107. The number of carbonyl (C=O) groups is 1. The molecule has 0 N–H and O–H groups in total. The summed E-state index contributed by atoms with van der Waals surface area (Å²) in [6.45, 7) is 1.82. The van der Waals surface area contributed by atoms with Crippen molar-refractivity contribution in [2.45, 2.75) is 45.5 Å². The van der Waals surface area contributed by atoms with Crippen LogP contribution < -0.4 is 5.56 Å². The molecule has 2 aromatic heterocycles. The van der Waals surface area contributed by atoms with Gasteiger partial charge in [0.1, 0.15) is 18.6 Å². The Hall–Kier alpha value is -2.25. The van der Waals surface area contributed by atoms with Crippen LogP contribution in [-0.2, 0) is 18.4 Å². The first kappa shape index (κ1) is 18.5. The number of carbonyl (C=O) groups excluding carboxylic acids is 1. The molecule has 8 heteroatoms. The lowest BCUT2D eigenvalue weighted by molar-refractivity contribution is -0.166. The molecule has 0 radical (unpaired) electrons. The maximum Gasteiger partial charge on any atom is 0.406 e. The van der Waals surface area contributed by atoms with Crippen molar-refractivity contribution in [2.75, 3.05) is 6.54 Å². The zero-order chi connectivity index (χ0) is 19.2. The first-order valence-corrected chi connectivity index (χ1v) is 8.60. The molecule has 5 nitrogen and oxygen atoms in total. The molecule has 1 aliphatic carbocycles. The number of nitrogens with zero attached hydrogens (tertiary/aromatic N) is 3. The molecule has 1 amide bonds. The highest BCUT2D eigenvalue weighted by Crippen LogP contribution is 2.36. The van der Waals surface area contributed by atoms with Crippen LogP contribution in [0.1, 0.15) is 25.5 Å². The standard InChI is InChI=1S/C18H22F3N3O2/c1-11-8-14-6-7-23(17(26)16(14)22(11)3)9-15(25)24(10-18(19,20)21)12(2)13-4-5-13/h6-8,12-13H,4-5,9-10H2,1-3H3. The number of aryl methyl sites for hydroxylation is 2. The second-order valence-electron chi connectivity index (χ2n) is 7.11. The number of rotatable bonds is 5. The van der Waals surface area contributed by atoms with Crippen LogP contribution in [-0.4, -0.2) is 38.7 Å². The van der Waals surface area contributed by atoms with Crippen LogP contribution in [0.5, 0.6) is 0 Å². The Bertz CT molecular complexity index is 893. The van der Waals surface area contributed by atoms with Crippen LogP contribution in [0.4, 0.5) is 13.2 Å². The summed E-state index contributed by atoms with van der Waals surface area (Å²) in [5.74, 6) is -0.579. The highest BCUT2D eigenvalue weighted by atomic mass is 19.4. The Morgan fingerprint density at radius 3 is 2.62 bits per heavy atom. The van der Waals surface area contributed by atoms with E-state index in [0.717, 1.165) is 28.8 Å². The van der Waals surface area contributed by atoms with E-state index in [1.165, 1.54) is 10.8 Å². The summed E-state index contributed by atoms with van der Waals surface area (Å²) < 4.78 is 41.7. The maximum atomic E-state index is 12.9. The number of amides is 1. The van der Waals surface area contributed by atoms with Crippen LogP contribution in [0.3, 0.4) is 0 Å². The third-order valence-corrected chi connectivity index (χ3v) is 5.17. The Labute approximate surface area is 149 Å². The third-order valence-electron chi connectivity index (χ3n) is 5.17. The summed E-state index contributed by atoms with van der Waals surface area (Å²) in [5.41, 5.74) is 0.954. The van der Waals surface area contributed by atoms with Crippen molar-refractivity contribution < 1.29 is 18.0 Å². The van der Waals surface area contributed by atoms with Crippen LogP contribution >= 0.6 is 0 Å². The van der Waals surface area contributed by atoms with Crippen molar-refractivity contribution in [1.29, 1.82) is 0 Å². The van der Waals surface area contributed by atoms with Crippen molar-refractivity contribution >= 4 is 16.8 Å². The summed E-state index contributed by atoms with van der Waals surface area (Å²) in [6.07, 6.45) is -1.34. The molecule has 0 saturated heterocycles. The van der Waals surface area contributed by atoms with E-state index < -0.39 is 31.2 Å². The van der Waals surface area contributed by atoms with Crippen molar-refractivity contribution in [3.8, 4) is 0 Å². The van der Waals surface area contributed by atoms with E-state index in [2.05, 4.69) is 0 Å². The van der Waals surface area contributed by atoms with Gasteiger partial charge < -0.3 is 14.0 Å². The predicted octanol–water partition coefficient (Wildman–Crippen LogP) is 2.84. The second kappa shape index (κ2) is 6.48. The van der Waals surface area contributed by atoms with Crippen molar-refractivity contribution in [3.05, 3.63) is 34.4 Å². The van der Waals surface area contributed by atoms with E-state index in [0.29, 0.717) is 5.52 Å². The van der Waals surface area contributed by atoms with Gasteiger partial charge in [-0.25, -0.2) is 0 Å². The zero-order valence-electron chi connectivity index (χ0n) is 15.0. The third kappa shape index (κ3) is 3.64. The minimum atomic E-state index is -4.47. The van der Waals surface area contributed by atoms with Gasteiger partial charge in [0, 0.05) is 30.4 Å². The van der Waals surface area contributed by atoms with Gasteiger partial charge >= 0.3 is 6.18 Å². The average molecular weight is 369 g/mol. The van der Waals surface area contributed by atoms with Gasteiger partial charge in [-0.2, -0.15) is 13.2 Å². The largest absolute Gasteiger partial charge is 0.406 e. The van der Waals surface area contributed by atoms with Gasteiger partial charge in [-0.15, -0.1) is 0 Å². The number of hydrogen-bond donors (Lipinski definition) is 0. The number of pyridine rings is 1. The van der Waals surface area contributed by atoms with Crippen LogP contribution in [0.15, 0.2) is 23.1 Å². The zero-order valence-corrected chi connectivity index (χ0v) is 15.0. The van der Waals surface area contributed by atoms with Crippen LogP contribution in [0, 0.1) is 12.8 Å². The number of alkyl halides is 3. The minimum Gasteiger partial charge on any atom is -0.343 e. The number of fused-ring (bicyclic) bond motifs is 1. The lowest BCUT2D eigenvalue weighted by Gasteiger charge is -2.30. The Balaban J connectivity index is 1.89. The molecule has 1 aliphatic rings. The molecule has 142 valence electrons. The lowest BCUT2D eigenvalue weighted by Crippen LogP contribution is -2.47. The van der Waals surface area contributed by atoms with Gasteiger partial charge in [0.15, 0.2) is 0 Å². The molecule has 2 aromatic rings. The predicted molar refractivity (Wildman–Crippen MR) is 91.9 cm³/mol. The smallest absolute Gasteiger partial charge is 0.343 e. The Morgan fingerprint density at radius 2 is 2.04 bits per heavy atom. The van der Waals surface area contributed by atoms with Crippen LogP contribution in [0.2, 0.25) is 0 Å². The van der Waals surface area contributed by atoms with E-state index in [-0.39, 0.29) is 11.5 Å². The molecular weight excluding hydrogens is 347 g/mol. The molecule has 2 heterocycles. The Kier molecular flexibility index (Phi) is 4.62. The summed E-state index contributed by atoms with van der Waals surface area (Å²) >= 11 is 0. The first-order valence-electron chi connectivity index (χ1n) is 8.60. The summed E-state index contributed by atoms with van der Waals surface area (Å²) in [7, 11) is 1.75. The molecule has 3 rings (SSSR count). The van der Waals surface area contributed by atoms with Gasteiger partial charge in [0.25, 0.3) is 5.56 Å². The number of hydrogen-bond acceptors (Lipinski definition) is 2. The van der Waals surface area contributed by atoms with E-state index in [1.807, 2.05) is 13.0 Å². The van der Waals surface area contributed by atoms with Crippen molar-refractivity contribution in [1.82, 2.24) is 14.0 Å². The average Bonchev–Trinajstić information content (AvgIpc) is 3.34. The van der Waals surface area contributed by atoms with Gasteiger partial charge in [-0.05, 0) is 44.7 Å². The quantitative estimate of drug-likeness (QED) is 0.814. The molecule has 1 unspecified atom stereocenters. The monoisotopic (exact) mass is 369 g/mol. The maximum absolute atomic E-state index is 12.9. The van der Waals surface area contributed by atoms with E-state index in [4.69, 9.17) is 0 Å². The van der Waals surface area contributed by atoms with Gasteiger partial charge in [0.05, 0.1) is 0 Å². The van der Waals surface area contributed by atoms with E-state index >= 15 is 0 Å². The lowest BCUT2D eigenvalue weighted by atomic mass is 10.1. The highest BCUT2D eigenvalue weighted by molar-refractivity contribution is 5.81. The SMILES string of the molecule is Cc1cc2ccn(CC(=O)N(CC(F)(F)F)C(C)C3CC3)c(=O)c2n1C. The van der Waals surface area contributed by atoms with E-state index in [1.54, 1.807) is 24.6 Å². The molecule has 1 atom stereocenters. The normalized spacial score (nSPS) is 16.1. The molecular formula is C18H22F3N3O2. The molecule has 0 aliphatic heterocycles. The molecule has 1 fully saturated rings. The topological polar surface area (TPSA) is 47.2 Å². The first-order chi connectivity index (χ1) is 12.1. The van der Waals surface area contributed by atoms with E-state index in [9.17, 15) is 22.8 Å². The van der Waals surface area contributed by atoms with Gasteiger partial charge in [-0.3, -0.25) is 9.59 Å². The number of halogens is 3. The summed E-state index contributed by atoms with van der Waals surface area (Å²) in [5, 5.41) is 0.747. The van der Waals surface area contributed by atoms with Crippen molar-refractivity contribution in [3.63, 3.8) is 0 Å². The number of aromatic nitrogens is 2. The fourth-order valence-electron chi connectivity index (χ4n) is 3.37. The molecule has 0 bridgehead atoms. The molecule has 26 heavy (non-hydrogen) atoms. The molecule has 1 saturated carbocycles. The summed E-state index contributed by atoms with van der Waals surface area (Å²) in [6, 6.07) is 3.07. The highest BCUT2D eigenvalue weighted by Gasteiger charge is 2.40. The van der Waals surface area contributed by atoms with Crippen LogP contribution in [0.25, 0.3) is 10.9 Å². The van der Waals surface area contributed by atoms with Gasteiger partial charge in [0.2, 0.25) is 5.91 Å². The van der Waals surface area contributed by atoms with Crippen molar-refractivity contribution in [2.24, 2.45) is 13.0 Å².